The summed E-state index contributed by atoms with van der Waals surface area (Å²) in [4.78, 5) is 41.2. The summed E-state index contributed by atoms with van der Waals surface area (Å²) >= 11 is 5.81. The third kappa shape index (κ3) is 3.85. The van der Waals surface area contributed by atoms with Gasteiger partial charge in [-0.15, -0.1) is 0 Å². The van der Waals surface area contributed by atoms with Crippen molar-refractivity contribution in [3.8, 4) is 0 Å². The summed E-state index contributed by atoms with van der Waals surface area (Å²) in [5.41, 5.74) is 0.0238. The van der Waals surface area contributed by atoms with Gasteiger partial charge in [0.15, 0.2) is 0 Å². The zero-order chi connectivity index (χ0) is 19.6. The lowest BCUT2D eigenvalue weighted by Gasteiger charge is -2.07. The van der Waals surface area contributed by atoms with E-state index in [4.69, 9.17) is 20.8 Å². The molecule has 0 saturated carbocycles. The predicted molar refractivity (Wildman–Crippen MR) is 99.0 cm³/mol. The predicted octanol–water partition coefficient (Wildman–Crippen LogP) is 2.77. The minimum absolute atomic E-state index is 0.00672. The number of aromatic nitrogens is 2. The van der Waals surface area contributed by atoms with Crippen LogP contribution in [0, 0.1) is 6.92 Å². The normalized spacial score (nSPS) is 10.8. The topological polar surface area (TPSA) is 103 Å². The Balaban J connectivity index is 1.91. The highest BCUT2D eigenvalue weighted by molar-refractivity contribution is 6.30. The van der Waals surface area contributed by atoms with Crippen LogP contribution in [0.15, 0.2) is 39.8 Å². The molecule has 9 heteroatoms. The molecular formula is C18H16ClN3O5. The quantitative estimate of drug-likeness (QED) is 0.673. The van der Waals surface area contributed by atoms with Gasteiger partial charge in [-0.25, -0.2) is 9.78 Å². The van der Waals surface area contributed by atoms with Crippen molar-refractivity contribution in [3.05, 3.63) is 57.3 Å². The van der Waals surface area contributed by atoms with Gasteiger partial charge in [-0.3, -0.25) is 14.2 Å². The van der Waals surface area contributed by atoms with Crippen molar-refractivity contribution in [2.24, 2.45) is 0 Å². The molecule has 0 spiro atoms. The van der Waals surface area contributed by atoms with Crippen molar-refractivity contribution < 1.29 is 18.7 Å². The maximum atomic E-state index is 12.8. The molecule has 0 aliphatic heterocycles. The Bertz CT molecular complexity index is 1070. The van der Waals surface area contributed by atoms with Crippen molar-refractivity contribution in [3.63, 3.8) is 0 Å². The Morgan fingerprint density at radius 1 is 1.30 bits per heavy atom. The van der Waals surface area contributed by atoms with E-state index in [0.717, 1.165) is 4.57 Å². The number of rotatable bonds is 5. The number of ether oxygens (including phenoxy) is 1. The first-order valence-electron chi connectivity index (χ1n) is 8.11. The van der Waals surface area contributed by atoms with E-state index in [2.05, 4.69) is 10.3 Å². The number of anilines is 1. The van der Waals surface area contributed by atoms with Crippen molar-refractivity contribution in [2.75, 3.05) is 11.9 Å². The van der Waals surface area contributed by atoms with E-state index in [-0.39, 0.29) is 35.6 Å². The number of benzene rings is 1. The highest BCUT2D eigenvalue weighted by Gasteiger charge is 2.24. The van der Waals surface area contributed by atoms with Crippen LogP contribution in [0.4, 0.5) is 5.69 Å². The van der Waals surface area contributed by atoms with Crippen LogP contribution < -0.4 is 10.9 Å². The molecule has 3 rings (SSSR count). The molecule has 0 aliphatic rings. The molecule has 0 saturated heterocycles. The second-order valence-corrected chi connectivity index (χ2v) is 6.10. The number of aryl methyl sites for hydroxylation is 1. The zero-order valence-corrected chi connectivity index (χ0v) is 15.4. The van der Waals surface area contributed by atoms with Crippen LogP contribution in [0.3, 0.4) is 0 Å². The Labute approximate surface area is 158 Å². The van der Waals surface area contributed by atoms with Gasteiger partial charge in [0.05, 0.1) is 6.61 Å². The molecule has 1 aromatic carbocycles. The van der Waals surface area contributed by atoms with E-state index in [1.807, 2.05) is 0 Å². The zero-order valence-electron chi connectivity index (χ0n) is 14.6. The highest BCUT2D eigenvalue weighted by atomic mass is 35.5. The van der Waals surface area contributed by atoms with Gasteiger partial charge >= 0.3 is 5.97 Å². The molecule has 2 aromatic heterocycles. The van der Waals surface area contributed by atoms with Gasteiger partial charge < -0.3 is 14.5 Å². The molecule has 0 fully saturated rings. The third-order valence-corrected chi connectivity index (χ3v) is 4.03. The van der Waals surface area contributed by atoms with Crippen LogP contribution >= 0.6 is 11.6 Å². The number of esters is 1. The fourth-order valence-electron chi connectivity index (χ4n) is 2.59. The Kier molecular flexibility index (Phi) is 5.27. The molecule has 1 amide bonds. The average molecular weight is 390 g/mol. The van der Waals surface area contributed by atoms with E-state index >= 15 is 0 Å². The summed E-state index contributed by atoms with van der Waals surface area (Å²) in [5.74, 6) is -0.870. The Hall–Kier alpha value is -3.13. The first-order valence-corrected chi connectivity index (χ1v) is 8.49. The lowest BCUT2D eigenvalue weighted by molar-refractivity contribution is -0.116. The molecule has 0 unspecified atom stereocenters. The maximum Gasteiger partial charge on any atom is 0.342 e. The van der Waals surface area contributed by atoms with Crippen molar-refractivity contribution in [1.82, 2.24) is 9.55 Å². The molecule has 3 aromatic rings. The molecule has 0 radical (unpaired) electrons. The van der Waals surface area contributed by atoms with E-state index in [0.29, 0.717) is 10.7 Å². The number of hydrogen-bond acceptors (Lipinski definition) is 6. The minimum Gasteiger partial charge on any atom is -0.462 e. The van der Waals surface area contributed by atoms with Crippen molar-refractivity contribution in [1.29, 1.82) is 0 Å². The fourth-order valence-corrected chi connectivity index (χ4v) is 2.71. The second-order valence-electron chi connectivity index (χ2n) is 5.67. The van der Waals surface area contributed by atoms with Gasteiger partial charge in [0.1, 0.15) is 29.6 Å². The van der Waals surface area contributed by atoms with E-state index in [9.17, 15) is 14.4 Å². The fraction of sp³-hybridized carbons (Fsp3) is 0.222. The van der Waals surface area contributed by atoms with Crippen LogP contribution in [0.1, 0.15) is 23.0 Å². The van der Waals surface area contributed by atoms with Crippen LogP contribution in [-0.4, -0.2) is 28.0 Å². The summed E-state index contributed by atoms with van der Waals surface area (Å²) in [5, 5.41) is 3.19. The van der Waals surface area contributed by atoms with Gasteiger partial charge in [-0.1, -0.05) is 11.6 Å². The molecule has 1 N–H and O–H groups in total. The van der Waals surface area contributed by atoms with Crippen LogP contribution in [0.2, 0.25) is 5.02 Å². The number of halogens is 1. The van der Waals surface area contributed by atoms with Gasteiger partial charge in [-0.2, -0.15) is 0 Å². The smallest absolute Gasteiger partial charge is 0.342 e. The SMILES string of the molecule is CCOC(=O)c1c(C)oc2ncn(CC(=O)Nc3ccc(Cl)cc3)c(=O)c12. The number of carbonyl (C=O) groups excluding carboxylic acids is 2. The lowest BCUT2D eigenvalue weighted by atomic mass is 10.2. The van der Waals surface area contributed by atoms with E-state index in [1.165, 1.54) is 6.33 Å². The maximum absolute atomic E-state index is 12.8. The molecule has 0 bridgehead atoms. The molecule has 8 nitrogen and oxygen atoms in total. The summed E-state index contributed by atoms with van der Waals surface area (Å²) in [6, 6.07) is 6.55. The third-order valence-electron chi connectivity index (χ3n) is 3.78. The molecular weight excluding hydrogens is 374 g/mol. The molecule has 2 heterocycles. The van der Waals surface area contributed by atoms with Crippen molar-refractivity contribution in [2.45, 2.75) is 20.4 Å². The largest absolute Gasteiger partial charge is 0.462 e. The number of fused-ring (bicyclic) bond motifs is 1. The van der Waals surface area contributed by atoms with E-state index < -0.39 is 17.4 Å². The van der Waals surface area contributed by atoms with Gasteiger partial charge in [0.2, 0.25) is 11.6 Å². The van der Waals surface area contributed by atoms with Gasteiger partial charge in [-0.05, 0) is 38.1 Å². The molecule has 0 atom stereocenters. The highest BCUT2D eigenvalue weighted by Crippen LogP contribution is 2.21. The summed E-state index contributed by atoms with van der Waals surface area (Å²) < 4.78 is 11.5. The minimum atomic E-state index is -0.670. The van der Waals surface area contributed by atoms with Gasteiger partial charge in [0.25, 0.3) is 5.56 Å². The van der Waals surface area contributed by atoms with E-state index in [1.54, 1.807) is 38.1 Å². The van der Waals surface area contributed by atoms with Crippen molar-refractivity contribution >= 4 is 40.3 Å². The monoisotopic (exact) mass is 389 g/mol. The van der Waals surface area contributed by atoms with Gasteiger partial charge in [0, 0.05) is 10.7 Å². The number of amides is 1. The first-order chi connectivity index (χ1) is 12.9. The number of carbonyl (C=O) groups is 2. The number of nitrogens with zero attached hydrogens (tertiary/aromatic N) is 2. The molecule has 140 valence electrons. The standard InChI is InChI=1S/C18H16ClN3O5/c1-3-26-18(25)14-10(2)27-16-15(14)17(24)22(9-20-16)8-13(23)21-12-6-4-11(19)5-7-12/h4-7,9H,3,8H2,1-2H3,(H,21,23). The summed E-state index contributed by atoms with van der Waals surface area (Å²) in [6.07, 6.45) is 1.20. The molecule has 0 aliphatic carbocycles. The number of furan rings is 1. The average Bonchev–Trinajstić information content (AvgIpc) is 2.96. The van der Waals surface area contributed by atoms with Crippen LogP contribution in [-0.2, 0) is 16.1 Å². The Morgan fingerprint density at radius 2 is 2.00 bits per heavy atom. The van der Waals surface area contributed by atoms with Crippen LogP contribution in [0.5, 0.6) is 0 Å². The summed E-state index contributed by atoms with van der Waals surface area (Å²) in [6.45, 7) is 3.08. The first kappa shape index (κ1) is 18.7. The molecule has 27 heavy (non-hydrogen) atoms. The number of hydrogen-bond donors (Lipinski definition) is 1. The Morgan fingerprint density at radius 3 is 2.67 bits per heavy atom. The second kappa shape index (κ2) is 7.63. The lowest BCUT2D eigenvalue weighted by Crippen LogP contribution is -2.28. The number of nitrogens with one attached hydrogen (secondary N) is 1. The van der Waals surface area contributed by atoms with Crippen LogP contribution in [0.25, 0.3) is 11.1 Å². The summed E-state index contributed by atoms with van der Waals surface area (Å²) in [7, 11) is 0.